The number of rotatable bonds is 7. The first-order valence-electron chi connectivity index (χ1n) is 7.25. The van der Waals surface area contributed by atoms with Gasteiger partial charge in [0.1, 0.15) is 5.84 Å². The van der Waals surface area contributed by atoms with Crippen molar-refractivity contribution in [1.29, 1.82) is 5.41 Å². The highest BCUT2D eigenvalue weighted by Crippen LogP contribution is 2.24. The van der Waals surface area contributed by atoms with E-state index in [9.17, 15) is 13.2 Å². The van der Waals surface area contributed by atoms with E-state index in [1.165, 1.54) is 0 Å². The summed E-state index contributed by atoms with van der Waals surface area (Å²) in [6.45, 7) is -0.249. The molecule has 0 atom stereocenters. The monoisotopic (exact) mass is 362 g/mol. The van der Waals surface area contributed by atoms with Crippen molar-refractivity contribution in [3.63, 3.8) is 0 Å². The molecule has 132 valence electrons. The van der Waals surface area contributed by atoms with Crippen molar-refractivity contribution in [3.8, 4) is 11.1 Å². The van der Waals surface area contributed by atoms with E-state index in [-0.39, 0.29) is 24.5 Å². The fourth-order valence-electron chi connectivity index (χ4n) is 2.26. The number of nitrogens with one attached hydrogen (secondary N) is 1. The minimum atomic E-state index is -4.07. The molecule has 25 heavy (non-hydrogen) atoms. The Morgan fingerprint density at radius 1 is 1.04 bits per heavy atom. The van der Waals surface area contributed by atoms with Crippen molar-refractivity contribution in [3.05, 3.63) is 54.1 Å². The number of carbonyl (C=O) groups is 1. The van der Waals surface area contributed by atoms with E-state index < -0.39 is 16.2 Å². The molecule has 2 aromatic rings. The largest absolute Gasteiger partial charge is 0.481 e. The number of nitrogens with zero attached hydrogens (tertiary/aromatic N) is 1. The number of hydrogen-bond donors (Lipinski definition) is 4. The van der Waals surface area contributed by atoms with Gasteiger partial charge in [-0.15, -0.1) is 0 Å². The zero-order valence-electron chi connectivity index (χ0n) is 13.2. The Hall–Kier alpha value is -2.91. The van der Waals surface area contributed by atoms with Gasteiger partial charge in [0.2, 0.25) is 0 Å². The minimum absolute atomic E-state index is 0.0240. The van der Waals surface area contributed by atoms with Crippen LogP contribution in [-0.4, -0.2) is 31.9 Å². The number of hydrogen-bond acceptors (Lipinski definition) is 4. The van der Waals surface area contributed by atoms with Crippen LogP contribution in [0.2, 0.25) is 0 Å². The third-order valence-electron chi connectivity index (χ3n) is 3.52. The van der Waals surface area contributed by atoms with Gasteiger partial charge in [-0.1, -0.05) is 36.4 Å². The molecular weight excluding hydrogens is 344 g/mol. The molecule has 2 rings (SSSR count). The van der Waals surface area contributed by atoms with Crippen LogP contribution in [0.1, 0.15) is 12.0 Å². The van der Waals surface area contributed by atoms with Crippen molar-refractivity contribution in [2.24, 2.45) is 10.9 Å². The average Bonchev–Trinajstić information content (AvgIpc) is 2.54. The quantitative estimate of drug-likeness (QED) is 0.430. The first-order valence-corrected chi connectivity index (χ1v) is 8.76. The van der Waals surface area contributed by atoms with E-state index in [0.29, 0.717) is 5.56 Å². The van der Waals surface area contributed by atoms with Crippen molar-refractivity contribution >= 4 is 27.7 Å². The third-order valence-corrected chi connectivity index (χ3v) is 4.53. The summed E-state index contributed by atoms with van der Waals surface area (Å²) in [5.41, 5.74) is 7.99. The molecule has 0 amide bonds. The lowest BCUT2D eigenvalue weighted by Crippen LogP contribution is -2.38. The molecule has 0 aliphatic heterocycles. The topological polar surface area (TPSA) is 151 Å². The number of carboxylic acid groups (broad SMARTS) is 1. The molecule has 0 aliphatic carbocycles. The third kappa shape index (κ3) is 4.78. The van der Waals surface area contributed by atoms with Crippen LogP contribution in [-0.2, 0) is 15.0 Å². The normalized spacial score (nSPS) is 11.1. The molecule has 0 aromatic heterocycles. The lowest BCUT2D eigenvalue weighted by Gasteiger charge is -2.21. The molecule has 0 saturated carbocycles. The van der Waals surface area contributed by atoms with Crippen LogP contribution in [0.4, 0.5) is 5.69 Å². The molecule has 8 nitrogen and oxygen atoms in total. The first-order chi connectivity index (χ1) is 11.7. The Labute approximate surface area is 145 Å². The Morgan fingerprint density at radius 2 is 1.52 bits per heavy atom. The van der Waals surface area contributed by atoms with Crippen LogP contribution >= 0.6 is 0 Å². The van der Waals surface area contributed by atoms with Gasteiger partial charge in [-0.05, 0) is 23.3 Å². The second-order valence-corrected chi connectivity index (χ2v) is 6.77. The molecule has 0 unspecified atom stereocenters. The van der Waals surface area contributed by atoms with Gasteiger partial charge in [0.05, 0.1) is 12.1 Å². The van der Waals surface area contributed by atoms with Gasteiger partial charge >= 0.3 is 5.97 Å². The second kappa shape index (κ2) is 7.32. The summed E-state index contributed by atoms with van der Waals surface area (Å²) in [5, 5.41) is 21.3. The van der Waals surface area contributed by atoms with E-state index in [4.69, 9.17) is 21.4 Å². The molecule has 0 fully saturated rings. The highest BCUT2D eigenvalue weighted by atomic mass is 32.2. The van der Waals surface area contributed by atoms with E-state index in [0.717, 1.165) is 15.4 Å². The van der Waals surface area contributed by atoms with Crippen molar-refractivity contribution in [2.45, 2.75) is 6.42 Å². The molecular formula is C16H18N4O4S. The van der Waals surface area contributed by atoms with Crippen LogP contribution in [0.15, 0.2) is 48.5 Å². The van der Waals surface area contributed by atoms with E-state index >= 15 is 0 Å². The fourth-order valence-corrected chi connectivity index (χ4v) is 3.02. The van der Waals surface area contributed by atoms with Gasteiger partial charge < -0.3 is 10.8 Å². The standard InChI is InChI=1S/C16H18N4O4S/c17-16(18)13-3-1-11(2-4-13)12-5-7-14(8-6-12)20(25(19,23)24)10-9-15(21)22/h1-8H,9-10H2,(H3,17,18)(H,21,22)(H2,19,23,24). The van der Waals surface area contributed by atoms with Crippen LogP contribution in [0.25, 0.3) is 11.1 Å². The number of nitrogens with two attached hydrogens (primary N) is 2. The Bertz CT molecular complexity index is 877. The van der Waals surface area contributed by atoms with Crippen LogP contribution in [0.3, 0.4) is 0 Å². The minimum Gasteiger partial charge on any atom is -0.481 e. The summed E-state index contributed by atoms with van der Waals surface area (Å²) < 4.78 is 24.2. The van der Waals surface area contributed by atoms with Gasteiger partial charge in [-0.25, -0.2) is 5.14 Å². The molecule has 2 aromatic carbocycles. The predicted octanol–water partition coefficient (Wildman–Crippen LogP) is 1.12. The fraction of sp³-hybridized carbons (Fsp3) is 0.125. The summed E-state index contributed by atoms with van der Waals surface area (Å²) in [7, 11) is -4.07. The Morgan fingerprint density at radius 3 is 1.92 bits per heavy atom. The molecule has 0 spiro atoms. The van der Waals surface area contributed by atoms with Crippen molar-refractivity contribution in [1.82, 2.24) is 0 Å². The summed E-state index contributed by atoms with van der Waals surface area (Å²) in [5.74, 6) is -1.14. The number of benzene rings is 2. The first kappa shape index (κ1) is 18.4. The second-order valence-electron chi connectivity index (χ2n) is 5.30. The van der Waals surface area contributed by atoms with Crippen LogP contribution in [0, 0.1) is 5.41 Å². The van der Waals surface area contributed by atoms with Gasteiger partial charge in [0, 0.05) is 12.1 Å². The average molecular weight is 362 g/mol. The van der Waals surface area contributed by atoms with Crippen molar-refractivity contribution < 1.29 is 18.3 Å². The predicted molar refractivity (Wildman–Crippen MR) is 95.6 cm³/mol. The van der Waals surface area contributed by atoms with Gasteiger partial charge in [-0.2, -0.15) is 8.42 Å². The van der Waals surface area contributed by atoms with E-state index in [2.05, 4.69) is 0 Å². The highest BCUT2D eigenvalue weighted by Gasteiger charge is 2.19. The zero-order chi connectivity index (χ0) is 18.6. The number of anilines is 1. The van der Waals surface area contributed by atoms with Gasteiger partial charge in [-0.3, -0.25) is 14.5 Å². The lowest BCUT2D eigenvalue weighted by atomic mass is 10.0. The van der Waals surface area contributed by atoms with E-state index in [1.807, 2.05) is 0 Å². The zero-order valence-corrected chi connectivity index (χ0v) is 14.0. The number of amidine groups is 1. The maximum atomic E-state index is 11.7. The molecule has 0 radical (unpaired) electrons. The van der Waals surface area contributed by atoms with Crippen LogP contribution < -0.4 is 15.2 Å². The SMILES string of the molecule is N=C(N)c1ccc(-c2ccc(N(CCC(=O)O)S(N)(=O)=O)cc2)cc1. The number of nitrogen functional groups attached to an aromatic ring is 1. The number of aliphatic carboxylic acids is 1. The van der Waals surface area contributed by atoms with Gasteiger partial charge in [0.25, 0.3) is 10.2 Å². The summed E-state index contributed by atoms with van der Waals surface area (Å²) in [6.07, 6.45) is -0.356. The maximum Gasteiger partial charge on any atom is 0.305 e. The maximum absolute atomic E-state index is 11.7. The van der Waals surface area contributed by atoms with Crippen LogP contribution in [0.5, 0.6) is 0 Å². The van der Waals surface area contributed by atoms with Crippen molar-refractivity contribution in [2.75, 3.05) is 10.8 Å². The Kier molecular flexibility index (Phi) is 5.40. The molecule has 9 heteroatoms. The molecule has 6 N–H and O–H groups in total. The lowest BCUT2D eigenvalue weighted by molar-refractivity contribution is -0.136. The summed E-state index contributed by atoms with van der Waals surface area (Å²) in [4.78, 5) is 10.7. The highest BCUT2D eigenvalue weighted by molar-refractivity contribution is 7.90. The summed E-state index contributed by atoms with van der Waals surface area (Å²) >= 11 is 0. The van der Waals surface area contributed by atoms with Gasteiger partial charge in [0.15, 0.2) is 0 Å². The van der Waals surface area contributed by atoms with E-state index in [1.54, 1.807) is 48.5 Å². The Balaban J connectivity index is 2.27. The smallest absolute Gasteiger partial charge is 0.305 e. The molecule has 0 aliphatic rings. The summed E-state index contributed by atoms with van der Waals surface area (Å²) in [6, 6.07) is 13.6. The molecule has 0 bridgehead atoms. The molecule has 0 heterocycles. The number of carboxylic acids is 1. The molecule has 0 saturated heterocycles.